The Hall–Kier alpha value is -0.910. The molecule has 0 atom stereocenters. The zero-order valence-electron chi connectivity index (χ0n) is 10.8. The van der Waals surface area contributed by atoms with Gasteiger partial charge in [0, 0.05) is 30.3 Å². The van der Waals surface area contributed by atoms with Gasteiger partial charge in [-0.2, -0.15) is 0 Å². The number of amides is 1. The maximum absolute atomic E-state index is 11.7. The van der Waals surface area contributed by atoms with Gasteiger partial charge >= 0.3 is 0 Å². The van der Waals surface area contributed by atoms with Crippen molar-refractivity contribution in [1.29, 1.82) is 0 Å². The van der Waals surface area contributed by atoms with Gasteiger partial charge in [-0.15, -0.1) is 0 Å². The first-order valence-electron chi connectivity index (χ1n) is 6.56. The molecule has 0 aromatic heterocycles. The first-order chi connectivity index (χ1) is 9.24. The molecule has 1 aliphatic rings. The summed E-state index contributed by atoms with van der Waals surface area (Å²) in [5, 5.41) is 6.18. The molecular weight excluding hydrogens is 308 g/mol. The van der Waals surface area contributed by atoms with Crippen molar-refractivity contribution in [3.63, 3.8) is 0 Å². The fourth-order valence-corrected chi connectivity index (χ4v) is 2.53. The molecule has 19 heavy (non-hydrogen) atoms. The molecular formula is C14H19BrN2O2. The number of benzene rings is 1. The van der Waals surface area contributed by atoms with Crippen molar-refractivity contribution >= 4 is 21.8 Å². The van der Waals surface area contributed by atoms with Crippen LogP contribution in [-0.4, -0.2) is 31.7 Å². The normalized spacial score (nSPS) is 16.3. The number of carbonyl (C=O) groups is 1. The molecule has 4 nitrogen and oxygen atoms in total. The first-order valence-corrected chi connectivity index (χ1v) is 7.35. The van der Waals surface area contributed by atoms with E-state index >= 15 is 0 Å². The van der Waals surface area contributed by atoms with E-state index in [1.165, 1.54) is 0 Å². The molecule has 1 aliphatic heterocycles. The number of nitrogens with one attached hydrogen (secondary N) is 2. The Morgan fingerprint density at radius 3 is 2.89 bits per heavy atom. The molecule has 0 saturated carbocycles. The number of hydrogen-bond donors (Lipinski definition) is 2. The lowest BCUT2D eigenvalue weighted by Crippen LogP contribution is -2.42. The van der Waals surface area contributed by atoms with Gasteiger partial charge in [-0.05, 0) is 30.5 Å². The molecule has 2 N–H and O–H groups in total. The van der Waals surface area contributed by atoms with Crippen molar-refractivity contribution in [2.75, 3.05) is 19.8 Å². The predicted octanol–water partition coefficient (Wildman–Crippen LogP) is 1.83. The largest absolute Gasteiger partial charge is 0.381 e. The van der Waals surface area contributed by atoms with E-state index in [-0.39, 0.29) is 11.9 Å². The second-order valence-corrected chi connectivity index (χ2v) is 5.60. The Morgan fingerprint density at radius 2 is 2.16 bits per heavy atom. The van der Waals surface area contributed by atoms with Gasteiger partial charge in [-0.1, -0.05) is 28.1 Å². The molecule has 1 heterocycles. The topological polar surface area (TPSA) is 50.4 Å². The fraction of sp³-hybridized carbons (Fsp3) is 0.500. The molecule has 0 bridgehead atoms. The number of halogens is 1. The van der Waals surface area contributed by atoms with E-state index in [2.05, 4.69) is 26.6 Å². The molecule has 1 aromatic carbocycles. The van der Waals surface area contributed by atoms with Crippen LogP contribution in [0, 0.1) is 0 Å². The zero-order valence-corrected chi connectivity index (χ0v) is 12.4. The van der Waals surface area contributed by atoms with Crippen LogP contribution in [0.1, 0.15) is 18.4 Å². The van der Waals surface area contributed by atoms with Crippen LogP contribution < -0.4 is 10.6 Å². The second-order valence-electron chi connectivity index (χ2n) is 4.69. The third-order valence-corrected chi connectivity index (χ3v) is 3.58. The van der Waals surface area contributed by atoms with Crippen LogP contribution in [0.3, 0.4) is 0 Å². The van der Waals surface area contributed by atoms with Gasteiger partial charge in [0.1, 0.15) is 0 Å². The lowest BCUT2D eigenvalue weighted by molar-refractivity contribution is -0.121. The summed E-state index contributed by atoms with van der Waals surface area (Å²) in [7, 11) is 0. The van der Waals surface area contributed by atoms with E-state index in [1.807, 2.05) is 24.3 Å². The zero-order chi connectivity index (χ0) is 13.5. The van der Waals surface area contributed by atoms with E-state index in [4.69, 9.17) is 4.74 Å². The van der Waals surface area contributed by atoms with Gasteiger partial charge in [0.25, 0.3) is 0 Å². The minimum atomic E-state index is 0.0573. The van der Waals surface area contributed by atoms with Gasteiger partial charge in [0.2, 0.25) is 5.91 Å². The minimum absolute atomic E-state index is 0.0573. The van der Waals surface area contributed by atoms with Crippen LogP contribution in [0.4, 0.5) is 0 Å². The van der Waals surface area contributed by atoms with Crippen molar-refractivity contribution in [3.8, 4) is 0 Å². The van der Waals surface area contributed by atoms with Gasteiger partial charge < -0.3 is 15.4 Å². The Morgan fingerprint density at radius 1 is 1.37 bits per heavy atom. The van der Waals surface area contributed by atoms with E-state index in [0.717, 1.165) is 36.1 Å². The Kier molecular flexibility index (Phi) is 5.82. The highest BCUT2D eigenvalue weighted by Gasteiger charge is 2.15. The van der Waals surface area contributed by atoms with E-state index < -0.39 is 0 Å². The third kappa shape index (κ3) is 5.30. The lowest BCUT2D eigenvalue weighted by Gasteiger charge is -2.23. The Labute approximate surface area is 122 Å². The summed E-state index contributed by atoms with van der Waals surface area (Å²) in [6.07, 6.45) is 1.83. The molecule has 1 saturated heterocycles. The average Bonchev–Trinajstić information content (AvgIpc) is 2.40. The minimum Gasteiger partial charge on any atom is -0.381 e. The smallest absolute Gasteiger partial charge is 0.234 e. The molecule has 5 heteroatoms. The summed E-state index contributed by atoms with van der Waals surface area (Å²) in [5.74, 6) is 0.0573. The fourth-order valence-electron chi connectivity index (χ4n) is 2.09. The molecule has 1 amide bonds. The summed E-state index contributed by atoms with van der Waals surface area (Å²) < 4.78 is 6.31. The molecule has 0 radical (unpaired) electrons. The van der Waals surface area contributed by atoms with Gasteiger partial charge in [0.15, 0.2) is 0 Å². The highest BCUT2D eigenvalue weighted by atomic mass is 79.9. The molecule has 1 fully saturated rings. The maximum Gasteiger partial charge on any atom is 0.234 e. The van der Waals surface area contributed by atoms with Crippen molar-refractivity contribution in [2.45, 2.75) is 25.4 Å². The Balaban J connectivity index is 1.66. The summed E-state index contributed by atoms with van der Waals surface area (Å²) in [4.78, 5) is 11.7. The highest BCUT2D eigenvalue weighted by molar-refractivity contribution is 9.10. The van der Waals surface area contributed by atoms with Gasteiger partial charge in [-0.25, -0.2) is 0 Å². The first kappa shape index (κ1) is 14.5. The third-order valence-electron chi connectivity index (χ3n) is 3.09. The number of carbonyl (C=O) groups excluding carboxylic acids is 1. The van der Waals surface area contributed by atoms with Gasteiger partial charge in [-0.3, -0.25) is 4.79 Å². The van der Waals surface area contributed by atoms with Crippen molar-refractivity contribution in [1.82, 2.24) is 10.6 Å². The second kappa shape index (κ2) is 7.62. The standard InChI is InChI=1S/C14H19BrN2O2/c15-12-3-1-2-11(8-12)9-16-10-14(18)17-13-4-6-19-7-5-13/h1-3,8,13,16H,4-7,9-10H2,(H,17,18). The Bertz CT molecular complexity index is 420. The van der Waals surface area contributed by atoms with Crippen LogP contribution in [0.25, 0.3) is 0 Å². The molecule has 2 rings (SSSR count). The quantitative estimate of drug-likeness (QED) is 0.868. The van der Waals surface area contributed by atoms with Crippen LogP contribution in [0.5, 0.6) is 0 Å². The molecule has 104 valence electrons. The monoisotopic (exact) mass is 326 g/mol. The maximum atomic E-state index is 11.7. The van der Waals surface area contributed by atoms with Crippen molar-refractivity contribution in [3.05, 3.63) is 34.3 Å². The van der Waals surface area contributed by atoms with Gasteiger partial charge in [0.05, 0.1) is 6.54 Å². The molecule has 0 spiro atoms. The number of hydrogen-bond acceptors (Lipinski definition) is 3. The number of rotatable bonds is 5. The SMILES string of the molecule is O=C(CNCc1cccc(Br)c1)NC1CCOCC1. The van der Waals surface area contributed by atoms with Crippen LogP contribution >= 0.6 is 15.9 Å². The van der Waals surface area contributed by atoms with Crippen molar-refractivity contribution < 1.29 is 9.53 Å². The van der Waals surface area contributed by atoms with Crippen LogP contribution in [0.2, 0.25) is 0 Å². The number of ether oxygens (including phenoxy) is 1. The summed E-state index contributed by atoms with van der Waals surface area (Å²) in [6.45, 7) is 2.54. The summed E-state index contributed by atoms with van der Waals surface area (Å²) >= 11 is 3.43. The summed E-state index contributed by atoms with van der Waals surface area (Å²) in [6, 6.07) is 8.33. The predicted molar refractivity (Wildman–Crippen MR) is 77.8 cm³/mol. The average molecular weight is 327 g/mol. The van der Waals surface area contributed by atoms with E-state index in [9.17, 15) is 4.79 Å². The van der Waals surface area contributed by atoms with E-state index in [1.54, 1.807) is 0 Å². The lowest BCUT2D eigenvalue weighted by atomic mass is 10.1. The molecule has 0 unspecified atom stereocenters. The van der Waals surface area contributed by atoms with Crippen LogP contribution in [0.15, 0.2) is 28.7 Å². The molecule has 1 aromatic rings. The van der Waals surface area contributed by atoms with E-state index in [0.29, 0.717) is 13.1 Å². The highest BCUT2D eigenvalue weighted by Crippen LogP contribution is 2.11. The summed E-state index contributed by atoms with van der Waals surface area (Å²) in [5.41, 5.74) is 1.16. The van der Waals surface area contributed by atoms with Crippen LogP contribution in [-0.2, 0) is 16.1 Å². The molecule has 0 aliphatic carbocycles. The van der Waals surface area contributed by atoms with Crippen molar-refractivity contribution in [2.24, 2.45) is 0 Å².